The number of amides is 1. The lowest BCUT2D eigenvalue weighted by molar-refractivity contribution is 0.0952. The lowest BCUT2D eigenvalue weighted by Gasteiger charge is -2.08. The van der Waals surface area contributed by atoms with Crippen molar-refractivity contribution < 1.29 is 4.79 Å². The third-order valence-electron chi connectivity index (χ3n) is 2.73. The van der Waals surface area contributed by atoms with Gasteiger partial charge in [0, 0.05) is 12.1 Å². The summed E-state index contributed by atoms with van der Waals surface area (Å²) in [4.78, 5) is 12.0. The molecule has 0 radical (unpaired) electrons. The summed E-state index contributed by atoms with van der Waals surface area (Å²) in [6, 6.07) is 7.20. The molecule has 100 valence electrons. The van der Waals surface area contributed by atoms with Crippen molar-refractivity contribution in [2.24, 2.45) is 5.92 Å². The smallest absolute Gasteiger partial charge is 0.251 e. The first kappa shape index (κ1) is 13.2. The van der Waals surface area contributed by atoms with Crippen LogP contribution in [0.1, 0.15) is 30.6 Å². The highest BCUT2D eigenvalue weighted by Crippen LogP contribution is 2.08. The van der Waals surface area contributed by atoms with Crippen LogP contribution >= 0.6 is 0 Å². The minimum atomic E-state index is -0.0735. The molecule has 0 aliphatic rings. The molecule has 0 saturated heterocycles. The third-order valence-corrected chi connectivity index (χ3v) is 2.73. The second-order valence-corrected chi connectivity index (χ2v) is 4.74. The molecule has 19 heavy (non-hydrogen) atoms. The molecule has 0 saturated carbocycles. The van der Waals surface area contributed by atoms with E-state index < -0.39 is 0 Å². The molecule has 1 aromatic carbocycles. The highest BCUT2D eigenvalue weighted by Gasteiger charge is 2.07. The van der Waals surface area contributed by atoms with E-state index in [0.29, 0.717) is 18.0 Å². The van der Waals surface area contributed by atoms with Crippen molar-refractivity contribution in [1.29, 1.82) is 0 Å². The number of carbonyl (C=O) groups excluding carboxylic acids is 1. The number of nitrogens with zero attached hydrogens (tertiary/aromatic N) is 4. The number of rotatable bonds is 5. The van der Waals surface area contributed by atoms with Crippen molar-refractivity contribution in [2.45, 2.75) is 20.3 Å². The van der Waals surface area contributed by atoms with Gasteiger partial charge in [-0.3, -0.25) is 4.79 Å². The molecule has 1 N–H and O–H groups in total. The Bertz CT molecular complexity index is 536. The third kappa shape index (κ3) is 3.61. The van der Waals surface area contributed by atoms with E-state index in [1.165, 1.54) is 11.0 Å². The molecular formula is C13H17N5O. The minimum Gasteiger partial charge on any atom is -0.352 e. The van der Waals surface area contributed by atoms with E-state index in [1.807, 2.05) is 12.1 Å². The zero-order valence-electron chi connectivity index (χ0n) is 11.1. The summed E-state index contributed by atoms with van der Waals surface area (Å²) in [5.74, 6) is 0.503. The molecule has 0 bridgehead atoms. The van der Waals surface area contributed by atoms with E-state index in [-0.39, 0.29) is 5.91 Å². The topological polar surface area (TPSA) is 72.7 Å². The van der Waals surface area contributed by atoms with Crippen molar-refractivity contribution in [3.8, 4) is 5.69 Å². The number of benzene rings is 1. The van der Waals surface area contributed by atoms with Gasteiger partial charge in [0.1, 0.15) is 6.33 Å². The number of hydrogen-bond acceptors (Lipinski definition) is 4. The molecule has 2 aromatic rings. The first-order valence-corrected chi connectivity index (χ1v) is 6.28. The SMILES string of the molecule is CC(C)CCNC(=O)c1cccc(-n2cnnn2)c1. The maximum atomic E-state index is 12.0. The summed E-state index contributed by atoms with van der Waals surface area (Å²) >= 11 is 0. The molecule has 0 aliphatic carbocycles. The highest BCUT2D eigenvalue weighted by molar-refractivity contribution is 5.94. The molecule has 0 fully saturated rings. The summed E-state index contributed by atoms with van der Waals surface area (Å²) in [6.07, 6.45) is 2.47. The molecule has 2 rings (SSSR count). The van der Waals surface area contributed by atoms with Crippen LogP contribution in [0.4, 0.5) is 0 Å². The van der Waals surface area contributed by atoms with Gasteiger partial charge >= 0.3 is 0 Å². The van der Waals surface area contributed by atoms with Crippen LogP contribution in [0.5, 0.6) is 0 Å². The van der Waals surface area contributed by atoms with Gasteiger partial charge in [-0.15, -0.1) is 5.10 Å². The van der Waals surface area contributed by atoms with Gasteiger partial charge in [-0.25, -0.2) is 4.68 Å². The Morgan fingerprint density at radius 3 is 2.95 bits per heavy atom. The van der Waals surface area contributed by atoms with Crippen LogP contribution in [0, 0.1) is 5.92 Å². The standard InChI is InChI=1S/C13H17N5O/c1-10(2)6-7-14-13(19)11-4-3-5-12(8-11)18-9-15-16-17-18/h3-5,8-10H,6-7H2,1-2H3,(H,14,19). The van der Waals surface area contributed by atoms with Crippen LogP contribution < -0.4 is 5.32 Å². The predicted molar refractivity (Wildman–Crippen MR) is 70.9 cm³/mol. The van der Waals surface area contributed by atoms with Crippen LogP contribution in [0.2, 0.25) is 0 Å². The maximum Gasteiger partial charge on any atom is 0.251 e. The zero-order valence-corrected chi connectivity index (χ0v) is 11.1. The van der Waals surface area contributed by atoms with Crippen LogP contribution in [0.25, 0.3) is 5.69 Å². The fraction of sp³-hybridized carbons (Fsp3) is 0.385. The van der Waals surface area contributed by atoms with E-state index >= 15 is 0 Å². The molecule has 0 unspecified atom stereocenters. The van der Waals surface area contributed by atoms with Gasteiger partial charge in [0.25, 0.3) is 5.91 Å². The normalized spacial score (nSPS) is 10.7. The highest BCUT2D eigenvalue weighted by atomic mass is 16.1. The fourth-order valence-corrected chi connectivity index (χ4v) is 1.65. The molecule has 0 aliphatic heterocycles. The summed E-state index contributed by atoms with van der Waals surface area (Å²) in [6.45, 7) is 4.95. The largest absolute Gasteiger partial charge is 0.352 e. The average Bonchev–Trinajstić information content (AvgIpc) is 2.92. The Morgan fingerprint density at radius 1 is 1.42 bits per heavy atom. The Labute approximate surface area is 111 Å². The second kappa shape index (κ2) is 6.08. The maximum absolute atomic E-state index is 12.0. The van der Waals surface area contributed by atoms with Crippen LogP contribution in [0.3, 0.4) is 0 Å². The zero-order chi connectivity index (χ0) is 13.7. The number of carbonyl (C=O) groups is 1. The summed E-state index contributed by atoms with van der Waals surface area (Å²) in [5, 5.41) is 13.8. The van der Waals surface area contributed by atoms with E-state index in [9.17, 15) is 4.79 Å². The number of hydrogen-bond donors (Lipinski definition) is 1. The van der Waals surface area contributed by atoms with Crippen molar-refractivity contribution >= 4 is 5.91 Å². The molecule has 0 atom stereocenters. The van der Waals surface area contributed by atoms with Crippen molar-refractivity contribution in [3.63, 3.8) is 0 Å². The molecule has 6 nitrogen and oxygen atoms in total. The minimum absolute atomic E-state index is 0.0735. The summed E-state index contributed by atoms with van der Waals surface area (Å²) < 4.78 is 1.52. The van der Waals surface area contributed by atoms with Gasteiger partial charge in [0.05, 0.1) is 5.69 Å². The molecule has 1 amide bonds. The van der Waals surface area contributed by atoms with Gasteiger partial charge < -0.3 is 5.32 Å². The molecule has 6 heteroatoms. The van der Waals surface area contributed by atoms with E-state index in [1.54, 1.807) is 12.1 Å². The van der Waals surface area contributed by atoms with Gasteiger partial charge in [0.2, 0.25) is 0 Å². The average molecular weight is 259 g/mol. The van der Waals surface area contributed by atoms with Gasteiger partial charge in [-0.1, -0.05) is 19.9 Å². The summed E-state index contributed by atoms with van der Waals surface area (Å²) in [7, 11) is 0. The second-order valence-electron chi connectivity index (χ2n) is 4.74. The molecule has 1 aromatic heterocycles. The van der Waals surface area contributed by atoms with E-state index in [0.717, 1.165) is 12.1 Å². The van der Waals surface area contributed by atoms with Crippen molar-refractivity contribution in [2.75, 3.05) is 6.54 Å². The quantitative estimate of drug-likeness (QED) is 0.881. The van der Waals surface area contributed by atoms with Gasteiger partial charge in [-0.05, 0) is 41.0 Å². The first-order valence-electron chi connectivity index (χ1n) is 6.28. The molecule has 0 spiro atoms. The van der Waals surface area contributed by atoms with E-state index in [2.05, 4.69) is 34.7 Å². The van der Waals surface area contributed by atoms with Crippen LogP contribution in [-0.2, 0) is 0 Å². The van der Waals surface area contributed by atoms with Crippen LogP contribution in [0.15, 0.2) is 30.6 Å². The monoisotopic (exact) mass is 259 g/mol. The molecular weight excluding hydrogens is 242 g/mol. The lowest BCUT2D eigenvalue weighted by Crippen LogP contribution is -2.25. The van der Waals surface area contributed by atoms with Crippen LogP contribution in [-0.4, -0.2) is 32.7 Å². The Kier molecular flexibility index (Phi) is 4.22. The van der Waals surface area contributed by atoms with E-state index in [4.69, 9.17) is 0 Å². The summed E-state index contributed by atoms with van der Waals surface area (Å²) in [5.41, 5.74) is 1.37. The number of aromatic nitrogens is 4. The first-order chi connectivity index (χ1) is 9.16. The number of nitrogens with one attached hydrogen (secondary N) is 1. The Hall–Kier alpha value is -2.24. The Morgan fingerprint density at radius 2 is 2.26 bits per heavy atom. The van der Waals surface area contributed by atoms with Crippen molar-refractivity contribution in [3.05, 3.63) is 36.2 Å². The molecule has 1 heterocycles. The van der Waals surface area contributed by atoms with Crippen molar-refractivity contribution in [1.82, 2.24) is 25.5 Å². The lowest BCUT2D eigenvalue weighted by atomic mass is 10.1. The van der Waals surface area contributed by atoms with Gasteiger partial charge in [-0.2, -0.15) is 0 Å². The fourth-order valence-electron chi connectivity index (χ4n) is 1.65. The predicted octanol–water partition coefficient (Wildman–Crippen LogP) is 1.44. The Balaban J connectivity index is 2.04. The van der Waals surface area contributed by atoms with Gasteiger partial charge in [0.15, 0.2) is 0 Å². The number of tetrazole rings is 1.